The highest BCUT2D eigenvalue weighted by atomic mass is 32.1. The molecular weight excluding hydrogens is 803 g/mol. The zero-order valence-corrected chi connectivity index (χ0v) is 36.8. The van der Waals surface area contributed by atoms with Crippen molar-refractivity contribution in [3.8, 4) is 33.4 Å². The lowest BCUT2D eigenvalue weighted by Crippen LogP contribution is -2.28. The highest BCUT2D eigenvalue weighted by Gasteiger charge is 2.46. The second-order valence-electron chi connectivity index (χ2n) is 17.7. The normalized spacial score (nSPS) is 15.3. The summed E-state index contributed by atoms with van der Waals surface area (Å²) in [6.45, 7) is 2.41. The van der Waals surface area contributed by atoms with Gasteiger partial charge in [0, 0.05) is 42.6 Å². The lowest BCUT2D eigenvalue weighted by atomic mass is 9.68. The Hall–Kier alpha value is -7.78. The molecule has 10 aromatic carbocycles. The van der Waals surface area contributed by atoms with Gasteiger partial charge >= 0.3 is 0 Å². The minimum absolute atomic E-state index is 0.338. The quantitative estimate of drug-likeness (QED) is 0.154. The van der Waals surface area contributed by atoms with E-state index in [1.54, 1.807) is 0 Å². The molecule has 13 rings (SSSR count). The van der Waals surface area contributed by atoms with E-state index in [0.717, 1.165) is 17.1 Å². The molecule has 1 nitrogen and oxygen atoms in total. The van der Waals surface area contributed by atoms with Crippen molar-refractivity contribution >= 4 is 48.6 Å². The monoisotopic (exact) mass is 845 g/mol. The number of hydrogen-bond acceptors (Lipinski definition) is 2. The molecule has 0 saturated carbocycles. The molecule has 0 bridgehead atoms. The van der Waals surface area contributed by atoms with Crippen LogP contribution in [0.2, 0.25) is 0 Å². The molecule has 0 spiro atoms. The summed E-state index contributed by atoms with van der Waals surface area (Å²) in [6.07, 6.45) is 0. The number of hydrogen-bond donors (Lipinski definition) is 0. The van der Waals surface area contributed by atoms with Gasteiger partial charge in [-0.25, -0.2) is 0 Å². The molecule has 2 aliphatic carbocycles. The maximum absolute atomic E-state index is 2.50. The fourth-order valence-electron chi connectivity index (χ4n) is 11.5. The molecule has 0 radical (unpaired) electrons. The molecule has 306 valence electrons. The summed E-state index contributed by atoms with van der Waals surface area (Å²) < 4.78 is 2.63. The smallest absolute Gasteiger partial charge is 0.0713 e. The van der Waals surface area contributed by atoms with Gasteiger partial charge in [-0.1, -0.05) is 200 Å². The van der Waals surface area contributed by atoms with Gasteiger partial charge in [0.2, 0.25) is 0 Å². The predicted octanol–water partition coefficient (Wildman–Crippen LogP) is 16.9. The summed E-state index contributed by atoms with van der Waals surface area (Å²) >= 11 is 1.88. The van der Waals surface area contributed by atoms with Gasteiger partial charge in [0.15, 0.2) is 0 Å². The van der Waals surface area contributed by atoms with Gasteiger partial charge in [-0.05, 0) is 122 Å². The van der Waals surface area contributed by atoms with E-state index in [1.807, 2.05) is 11.3 Å². The first-order chi connectivity index (χ1) is 32.1. The van der Waals surface area contributed by atoms with Crippen molar-refractivity contribution in [1.82, 2.24) is 0 Å². The average Bonchev–Trinajstić information content (AvgIpc) is 4.00. The molecular formula is C63H43NS. The van der Waals surface area contributed by atoms with Crippen LogP contribution in [0.25, 0.3) is 53.6 Å². The number of thiophene rings is 1. The van der Waals surface area contributed by atoms with Crippen molar-refractivity contribution in [2.45, 2.75) is 17.8 Å². The highest BCUT2D eigenvalue weighted by Crippen LogP contribution is 2.58. The number of anilines is 3. The van der Waals surface area contributed by atoms with Crippen LogP contribution in [0, 0.1) is 0 Å². The summed E-state index contributed by atoms with van der Waals surface area (Å²) in [5.74, 6) is 0. The van der Waals surface area contributed by atoms with E-state index in [1.165, 1.54) is 92.5 Å². The number of nitrogens with zero attached hydrogens (tertiary/aromatic N) is 1. The van der Waals surface area contributed by atoms with Crippen molar-refractivity contribution in [2.75, 3.05) is 4.90 Å². The third kappa shape index (κ3) is 5.51. The fourth-order valence-corrected chi connectivity index (χ4v) is 12.8. The topological polar surface area (TPSA) is 3.24 Å². The number of fused-ring (bicyclic) bond motifs is 9. The first-order valence-corrected chi connectivity index (χ1v) is 23.4. The second-order valence-corrected chi connectivity index (χ2v) is 18.7. The molecule has 1 heterocycles. The number of benzene rings is 10. The van der Waals surface area contributed by atoms with E-state index in [0.29, 0.717) is 0 Å². The lowest BCUT2D eigenvalue weighted by Gasteiger charge is -2.34. The van der Waals surface area contributed by atoms with Crippen LogP contribution in [0.4, 0.5) is 17.1 Å². The SMILES string of the molecule is CC1(c2ccccc2)c2ccccc2-c2ccc(N(c3cccc(-c4cccc5c4sc4ccccc45)c3)c3ccc4c(c3)-c3ccccc3C4(c3ccccc3)c3ccccc3)cc21. The van der Waals surface area contributed by atoms with Crippen LogP contribution in [-0.4, -0.2) is 0 Å². The molecule has 0 fully saturated rings. The Morgan fingerprint density at radius 1 is 0.338 bits per heavy atom. The fraction of sp³-hybridized carbons (Fsp3) is 0.0476. The van der Waals surface area contributed by atoms with Crippen LogP contribution in [0.1, 0.15) is 45.9 Å². The van der Waals surface area contributed by atoms with E-state index < -0.39 is 5.41 Å². The maximum Gasteiger partial charge on any atom is 0.0713 e. The summed E-state index contributed by atoms with van der Waals surface area (Å²) in [7, 11) is 0. The van der Waals surface area contributed by atoms with Gasteiger partial charge in [0.25, 0.3) is 0 Å². The molecule has 1 atom stereocenters. The van der Waals surface area contributed by atoms with Gasteiger partial charge < -0.3 is 4.90 Å². The largest absolute Gasteiger partial charge is 0.310 e. The van der Waals surface area contributed by atoms with Gasteiger partial charge in [0.05, 0.1) is 5.41 Å². The summed E-state index contributed by atoms with van der Waals surface area (Å²) in [4.78, 5) is 2.50. The van der Waals surface area contributed by atoms with Crippen molar-refractivity contribution in [3.05, 3.63) is 282 Å². The molecule has 0 saturated heterocycles. The van der Waals surface area contributed by atoms with E-state index in [2.05, 4.69) is 254 Å². The Bertz CT molecular complexity index is 3580. The van der Waals surface area contributed by atoms with Crippen molar-refractivity contribution in [1.29, 1.82) is 0 Å². The molecule has 11 aromatic rings. The Morgan fingerprint density at radius 2 is 0.862 bits per heavy atom. The van der Waals surface area contributed by atoms with E-state index >= 15 is 0 Å². The highest BCUT2D eigenvalue weighted by molar-refractivity contribution is 7.26. The third-order valence-electron chi connectivity index (χ3n) is 14.4. The molecule has 2 heteroatoms. The molecule has 0 amide bonds. The van der Waals surface area contributed by atoms with Crippen LogP contribution in [-0.2, 0) is 10.8 Å². The van der Waals surface area contributed by atoms with E-state index in [9.17, 15) is 0 Å². The molecule has 0 N–H and O–H groups in total. The minimum Gasteiger partial charge on any atom is -0.310 e. The molecule has 1 unspecified atom stereocenters. The first-order valence-electron chi connectivity index (χ1n) is 22.6. The lowest BCUT2D eigenvalue weighted by molar-refractivity contribution is 0.714. The zero-order valence-electron chi connectivity index (χ0n) is 35.9. The summed E-state index contributed by atoms with van der Waals surface area (Å²) in [5, 5.41) is 2.62. The van der Waals surface area contributed by atoms with Gasteiger partial charge in [-0.15, -0.1) is 11.3 Å². The van der Waals surface area contributed by atoms with Crippen LogP contribution in [0.5, 0.6) is 0 Å². The Labute approximate surface area is 384 Å². The molecule has 1 aromatic heterocycles. The Morgan fingerprint density at radius 3 is 1.62 bits per heavy atom. The van der Waals surface area contributed by atoms with Gasteiger partial charge in [0.1, 0.15) is 0 Å². The van der Waals surface area contributed by atoms with Crippen molar-refractivity contribution in [2.24, 2.45) is 0 Å². The minimum atomic E-state index is -0.475. The summed E-state index contributed by atoms with van der Waals surface area (Å²) in [6, 6.07) is 90.4. The molecule has 2 aliphatic rings. The van der Waals surface area contributed by atoms with Crippen LogP contribution in [0.15, 0.2) is 243 Å². The Kier molecular flexibility index (Phi) is 8.50. The predicted molar refractivity (Wildman–Crippen MR) is 274 cm³/mol. The molecule has 0 aliphatic heterocycles. The standard InChI is InChI=1S/C63H43NS/c1-62(43-20-5-2-6-21-43)56-32-14-11-27-50(56)52-37-35-48(41-59(52)62)64(46-26-17-19-42(39-46)49-30-18-31-54-53-29-13-16-34-60(53)65-61(49)54)47-36-38-58-55(40-47)51-28-12-15-33-57(51)63(58,44-22-7-3-8-23-44)45-24-9-4-10-25-45/h2-41H,1H3. The van der Waals surface area contributed by atoms with Gasteiger partial charge in [-0.3, -0.25) is 0 Å². The zero-order chi connectivity index (χ0) is 43.1. The second kappa shape index (κ2) is 14.6. The number of rotatable bonds is 7. The van der Waals surface area contributed by atoms with E-state index in [-0.39, 0.29) is 5.41 Å². The Balaban J connectivity index is 1.05. The van der Waals surface area contributed by atoms with Gasteiger partial charge in [-0.2, -0.15) is 0 Å². The van der Waals surface area contributed by atoms with Crippen LogP contribution in [0.3, 0.4) is 0 Å². The first kappa shape index (κ1) is 37.7. The summed E-state index contributed by atoms with van der Waals surface area (Å²) in [5.41, 5.74) is 19.2. The van der Waals surface area contributed by atoms with E-state index in [4.69, 9.17) is 0 Å². The average molecular weight is 846 g/mol. The molecule has 65 heavy (non-hydrogen) atoms. The van der Waals surface area contributed by atoms with Crippen LogP contribution < -0.4 is 4.90 Å². The third-order valence-corrected chi connectivity index (χ3v) is 15.6. The maximum atomic E-state index is 2.50. The van der Waals surface area contributed by atoms with Crippen molar-refractivity contribution < 1.29 is 0 Å². The van der Waals surface area contributed by atoms with Crippen molar-refractivity contribution in [3.63, 3.8) is 0 Å². The van der Waals surface area contributed by atoms with Crippen LogP contribution >= 0.6 is 11.3 Å².